The quantitative estimate of drug-likeness (QED) is 0.808. The summed E-state index contributed by atoms with van der Waals surface area (Å²) in [7, 11) is -3.51. The van der Waals surface area contributed by atoms with E-state index < -0.39 is 10.0 Å². The van der Waals surface area contributed by atoms with Crippen molar-refractivity contribution in [2.24, 2.45) is 5.92 Å². The molecule has 1 aromatic rings. The Hall–Kier alpha value is -1.24. The van der Waals surface area contributed by atoms with Gasteiger partial charge in [0.15, 0.2) is 5.78 Å². The highest BCUT2D eigenvalue weighted by Crippen LogP contribution is 2.28. The van der Waals surface area contributed by atoms with Crippen molar-refractivity contribution in [1.29, 1.82) is 0 Å². The summed E-state index contributed by atoms with van der Waals surface area (Å²) < 4.78 is 27.0. The normalized spacial score (nSPS) is 20.6. The maximum Gasteiger partial charge on any atom is 0.243 e. The van der Waals surface area contributed by atoms with Crippen molar-refractivity contribution in [2.45, 2.75) is 43.5 Å². The summed E-state index contributed by atoms with van der Waals surface area (Å²) in [5.74, 6) is 0.719. The molecule has 0 unspecified atom stereocenters. The second-order valence-electron chi connectivity index (χ2n) is 6.61. The molecule has 5 nitrogen and oxygen atoms in total. The van der Waals surface area contributed by atoms with Crippen LogP contribution >= 0.6 is 0 Å². The van der Waals surface area contributed by atoms with Crippen LogP contribution in [0.3, 0.4) is 0 Å². The second-order valence-corrected chi connectivity index (χ2v) is 8.55. The SMILES string of the molecule is CC(=O)c1cccc(S(=O)(=O)N2CCC(NCC3CC3)CC2)c1. The number of sulfonamides is 1. The van der Waals surface area contributed by atoms with Crippen molar-refractivity contribution in [3.8, 4) is 0 Å². The third kappa shape index (κ3) is 4.00. The highest BCUT2D eigenvalue weighted by molar-refractivity contribution is 7.89. The number of Topliss-reactive ketones (excluding diaryl/α,β-unsaturated/α-hetero) is 1. The molecule has 1 aromatic carbocycles. The second kappa shape index (κ2) is 6.71. The van der Waals surface area contributed by atoms with Gasteiger partial charge in [-0.3, -0.25) is 4.79 Å². The summed E-state index contributed by atoms with van der Waals surface area (Å²) in [5.41, 5.74) is 0.437. The van der Waals surface area contributed by atoms with Crippen LogP contribution in [0.4, 0.5) is 0 Å². The number of carbonyl (C=O) groups is 1. The molecular formula is C17H24N2O3S. The third-order valence-electron chi connectivity index (χ3n) is 4.72. The lowest BCUT2D eigenvalue weighted by Gasteiger charge is -2.31. The Labute approximate surface area is 138 Å². The molecule has 23 heavy (non-hydrogen) atoms. The maximum atomic E-state index is 12.7. The number of nitrogens with one attached hydrogen (secondary N) is 1. The van der Waals surface area contributed by atoms with Crippen LogP contribution in [0.15, 0.2) is 29.2 Å². The van der Waals surface area contributed by atoms with Gasteiger partial charge in [0.1, 0.15) is 0 Å². The summed E-state index contributed by atoms with van der Waals surface area (Å²) in [6.45, 7) is 3.59. The van der Waals surface area contributed by atoms with Crippen molar-refractivity contribution in [2.75, 3.05) is 19.6 Å². The lowest BCUT2D eigenvalue weighted by Crippen LogP contribution is -2.45. The Kier molecular flexibility index (Phi) is 4.85. The summed E-state index contributed by atoms with van der Waals surface area (Å²) in [5, 5.41) is 3.55. The van der Waals surface area contributed by atoms with Gasteiger partial charge in [0, 0.05) is 24.7 Å². The van der Waals surface area contributed by atoms with E-state index in [1.54, 1.807) is 22.5 Å². The predicted molar refractivity (Wildman–Crippen MR) is 89.0 cm³/mol. The molecular weight excluding hydrogens is 312 g/mol. The Morgan fingerprint density at radius 1 is 1.22 bits per heavy atom. The fourth-order valence-corrected chi connectivity index (χ4v) is 4.50. The molecule has 0 atom stereocenters. The summed E-state index contributed by atoms with van der Waals surface area (Å²) >= 11 is 0. The standard InChI is InChI=1S/C17H24N2O3S/c1-13(20)15-3-2-4-17(11-15)23(21,22)19-9-7-16(8-10-19)18-12-14-5-6-14/h2-4,11,14,16,18H,5-10,12H2,1H3. The zero-order valence-electron chi connectivity index (χ0n) is 13.5. The molecule has 1 aliphatic carbocycles. The molecule has 1 saturated heterocycles. The van der Waals surface area contributed by atoms with Crippen molar-refractivity contribution in [3.63, 3.8) is 0 Å². The fraction of sp³-hybridized carbons (Fsp3) is 0.588. The summed E-state index contributed by atoms with van der Waals surface area (Å²) in [6.07, 6.45) is 4.34. The number of rotatable bonds is 6. The molecule has 2 aliphatic rings. The molecule has 1 N–H and O–H groups in total. The van der Waals surface area contributed by atoms with Gasteiger partial charge in [-0.1, -0.05) is 12.1 Å². The third-order valence-corrected chi connectivity index (χ3v) is 6.62. The van der Waals surface area contributed by atoms with Crippen LogP contribution in [0.5, 0.6) is 0 Å². The topological polar surface area (TPSA) is 66.5 Å². The van der Waals surface area contributed by atoms with Crippen LogP contribution in [0.25, 0.3) is 0 Å². The van der Waals surface area contributed by atoms with Crippen molar-refractivity contribution in [3.05, 3.63) is 29.8 Å². The van der Waals surface area contributed by atoms with Gasteiger partial charge in [-0.25, -0.2) is 8.42 Å². The average Bonchev–Trinajstić information content (AvgIpc) is 3.38. The number of ketones is 1. The van der Waals surface area contributed by atoms with Gasteiger partial charge in [-0.2, -0.15) is 4.31 Å². The molecule has 0 bridgehead atoms. The van der Waals surface area contributed by atoms with Crippen molar-refractivity contribution < 1.29 is 13.2 Å². The summed E-state index contributed by atoms with van der Waals surface area (Å²) in [4.78, 5) is 11.7. The molecule has 3 rings (SSSR count). The van der Waals surface area contributed by atoms with Gasteiger partial charge in [0.2, 0.25) is 10.0 Å². The van der Waals surface area contributed by atoms with Gasteiger partial charge in [0.05, 0.1) is 4.90 Å². The minimum Gasteiger partial charge on any atom is -0.314 e. The molecule has 2 fully saturated rings. The highest BCUT2D eigenvalue weighted by atomic mass is 32.2. The molecule has 6 heteroatoms. The summed E-state index contributed by atoms with van der Waals surface area (Å²) in [6, 6.07) is 6.75. The van der Waals surface area contributed by atoms with Crippen LogP contribution in [-0.2, 0) is 10.0 Å². The van der Waals surface area contributed by atoms with E-state index >= 15 is 0 Å². The number of hydrogen-bond acceptors (Lipinski definition) is 4. The van der Waals surface area contributed by atoms with Crippen LogP contribution in [-0.4, -0.2) is 44.2 Å². The van der Waals surface area contributed by atoms with E-state index in [9.17, 15) is 13.2 Å². The van der Waals surface area contributed by atoms with Gasteiger partial charge >= 0.3 is 0 Å². The lowest BCUT2D eigenvalue weighted by atomic mass is 10.1. The molecule has 126 valence electrons. The zero-order valence-corrected chi connectivity index (χ0v) is 14.3. The van der Waals surface area contributed by atoms with Crippen molar-refractivity contribution in [1.82, 2.24) is 9.62 Å². The largest absolute Gasteiger partial charge is 0.314 e. The van der Waals surface area contributed by atoms with E-state index in [2.05, 4.69) is 5.32 Å². The molecule has 1 aliphatic heterocycles. The zero-order chi connectivity index (χ0) is 16.4. The Bertz CT molecular complexity index is 675. The van der Waals surface area contributed by atoms with Crippen LogP contribution in [0.1, 0.15) is 43.0 Å². The molecule has 0 aromatic heterocycles. The van der Waals surface area contributed by atoms with Crippen LogP contribution in [0, 0.1) is 5.92 Å². The van der Waals surface area contributed by atoms with Gasteiger partial charge < -0.3 is 5.32 Å². The van der Waals surface area contributed by atoms with Crippen LogP contribution < -0.4 is 5.32 Å². The fourth-order valence-electron chi connectivity index (χ4n) is 2.98. The number of piperidine rings is 1. The van der Waals surface area contributed by atoms with E-state index in [1.807, 2.05) is 0 Å². The van der Waals surface area contributed by atoms with Gasteiger partial charge in [-0.15, -0.1) is 0 Å². The highest BCUT2D eigenvalue weighted by Gasteiger charge is 2.30. The number of carbonyl (C=O) groups excluding carboxylic acids is 1. The minimum atomic E-state index is -3.51. The van der Waals surface area contributed by atoms with E-state index in [4.69, 9.17) is 0 Å². The monoisotopic (exact) mass is 336 g/mol. The predicted octanol–water partition coefficient (Wildman–Crippen LogP) is 2.04. The number of hydrogen-bond donors (Lipinski definition) is 1. The minimum absolute atomic E-state index is 0.120. The van der Waals surface area contributed by atoms with E-state index in [1.165, 1.54) is 25.8 Å². The molecule has 1 saturated carbocycles. The van der Waals surface area contributed by atoms with E-state index in [0.29, 0.717) is 24.7 Å². The van der Waals surface area contributed by atoms with Crippen molar-refractivity contribution >= 4 is 15.8 Å². The molecule has 0 radical (unpaired) electrons. The number of nitrogens with zero attached hydrogens (tertiary/aromatic N) is 1. The van der Waals surface area contributed by atoms with E-state index in [-0.39, 0.29) is 10.7 Å². The Morgan fingerprint density at radius 2 is 1.91 bits per heavy atom. The molecule has 1 heterocycles. The Balaban J connectivity index is 1.64. The molecule has 0 amide bonds. The first-order valence-electron chi connectivity index (χ1n) is 8.31. The van der Waals surface area contributed by atoms with E-state index in [0.717, 1.165) is 25.3 Å². The first kappa shape index (κ1) is 16.6. The Morgan fingerprint density at radius 3 is 2.52 bits per heavy atom. The lowest BCUT2D eigenvalue weighted by molar-refractivity contribution is 0.101. The maximum absolute atomic E-state index is 12.7. The number of benzene rings is 1. The molecule has 0 spiro atoms. The average molecular weight is 336 g/mol. The first-order chi connectivity index (χ1) is 11.0. The first-order valence-corrected chi connectivity index (χ1v) is 9.75. The van der Waals surface area contributed by atoms with Gasteiger partial charge in [-0.05, 0) is 57.2 Å². The van der Waals surface area contributed by atoms with Gasteiger partial charge in [0.25, 0.3) is 0 Å². The van der Waals surface area contributed by atoms with Crippen LogP contribution in [0.2, 0.25) is 0 Å². The smallest absolute Gasteiger partial charge is 0.243 e.